The number of nitrogens with zero attached hydrogens (tertiary/aromatic N) is 1. The number of piperidine rings is 1. The molecule has 16 heavy (non-hydrogen) atoms. The van der Waals surface area contributed by atoms with E-state index in [1.165, 1.54) is 12.8 Å². The van der Waals surface area contributed by atoms with Gasteiger partial charge in [0.05, 0.1) is 12.6 Å². The predicted octanol–water partition coefficient (Wildman–Crippen LogP) is -0.685. The van der Waals surface area contributed by atoms with Gasteiger partial charge in [-0.05, 0) is 19.4 Å². The van der Waals surface area contributed by atoms with Crippen molar-refractivity contribution < 1.29 is 9.53 Å². The molecule has 1 amide bonds. The number of carbonyl (C=O) groups is 1. The normalized spacial score (nSPS) is 31.8. The van der Waals surface area contributed by atoms with E-state index >= 15 is 0 Å². The third kappa shape index (κ3) is 2.72. The molecule has 0 aliphatic carbocycles. The maximum absolute atomic E-state index is 11.8. The molecular formula is C11H21N3O2. The van der Waals surface area contributed by atoms with Gasteiger partial charge in [0.2, 0.25) is 5.91 Å². The molecular weight excluding hydrogens is 206 g/mol. The molecule has 5 nitrogen and oxygen atoms in total. The summed E-state index contributed by atoms with van der Waals surface area (Å²) in [5.41, 5.74) is 5.67. The summed E-state index contributed by atoms with van der Waals surface area (Å²) in [6, 6.07) is 0.495. The number of amides is 1. The summed E-state index contributed by atoms with van der Waals surface area (Å²) in [5.74, 6) is 0.0778. The molecule has 0 radical (unpaired) electrons. The van der Waals surface area contributed by atoms with Gasteiger partial charge in [-0.25, -0.2) is 0 Å². The van der Waals surface area contributed by atoms with Crippen LogP contribution in [-0.4, -0.2) is 55.7 Å². The molecule has 2 aliphatic heterocycles. The first-order chi connectivity index (χ1) is 7.81. The van der Waals surface area contributed by atoms with Crippen molar-refractivity contribution in [1.29, 1.82) is 0 Å². The lowest BCUT2D eigenvalue weighted by atomic mass is 10.0. The van der Waals surface area contributed by atoms with Gasteiger partial charge < -0.3 is 20.7 Å². The minimum absolute atomic E-state index is 0.0602. The maximum Gasteiger partial charge on any atom is 0.248 e. The monoisotopic (exact) mass is 227 g/mol. The molecule has 2 unspecified atom stereocenters. The van der Waals surface area contributed by atoms with Crippen molar-refractivity contribution in [2.45, 2.75) is 31.3 Å². The fourth-order valence-corrected chi connectivity index (χ4v) is 2.42. The minimum Gasteiger partial charge on any atom is -0.369 e. The van der Waals surface area contributed by atoms with Crippen LogP contribution in [0.5, 0.6) is 0 Å². The van der Waals surface area contributed by atoms with Crippen LogP contribution < -0.4 is 11.1 Å². The van der Waals surface area contributed by atoms with Gasteiger partial charge in [0, 0.05) is 19.1 Å². The molecule has 2 heterocycles. The first-order valence-corrected chi connectivity index (χ1v) is 6.12. The van der Waals surface area contributed by atoms with Crippen molar-refractivity contribution in [3.8, 4) is 0 Å². The van der Waals surface area contributed by atoms with E-state index in [-0.39, 0.29) is 18.6 Å². The molecule has 0 spiro atoms. The number of nitrogens with one attached hydrogen (secondary N) is 1. The van der Waals surface area contributed by atoms with Crippen molar-refractivity contribution in [1.82, 2.24) is 10.2 Å². The van der Waals surface area contributed by atoms with Crippen LogP contribution in [0.15, 0.2) is 0 Å². The van der Waals surface area contributed by atoms with Crippen LogP contribution in [0.3, 0.4) is 0 Å². The Hall–Kier alpha value is -0.650. The molecule has 0 aromatic rings. The Balaban J connectivity index is 1.91. The van der Waals surface area contributed by atoms with Gasteiger partial charge in [-0.3, -0.25) is 4.79 Å². The van der Waals surface area contributed by atoms with Crippen molar-refractivity contribution in [2.24, 2.45) is 5.73 Å². The second-order valence-corrected chi connectivity index (χ2v) is 4.60. The second-order valence-electron chi connectivity index (χ2n) is 4.60. The Labute approximate surface area is 96.3 Å². The number of hydrogen-bond donors (Lipinski definition) is 2. The SMILES string of the molecule is NCC1COCC(=O)N1CC1CCCCN1. The Morgan fingerprint density at radius 2 is 2.38 bits per heavy atom. The van der Waals surface area contributed by atoms with E-state index in [2.05, 4.69) is 5.32 Å². The van der Waals surface area contributed by atoms with E-state index in [1.807, 2.05) is 4.90 Å². The summed E-state index contributed by atoms with van der Waals surface area (Å²) < 4.78 is 5.21. The fourth-order valence-electron chi connectivity index (χ4n) is 2.42. The van der Waals surface area contributed by atoms with Gasteiger partial charge >= 0.3 is 0 Å². The smallest absolute Gasteiger partial charge is 0.248 e. The van der Waals surface area contributed by atoms with Crippen molar-refractivity contribution in [3.05, 3.63) is 0 Å². The van der Waals surface area contributed by atoms with E-state index < -0.39 is 0 Å². The number of ether oxygens (including phenoxy) is 1. The van der Waals surface area contributed by atoms with Crippen molar-refractivity contribution in [3.63, 3.8) is 0 Å². The highest BCUT2D eigenvalue weighted by atomic mass is 16.5. The highest BCUT2D eigenvalue weighted by Crippen LogP contribution is 2.13. The molecule has 0 bridgehead atoms. The molecule has 0 aromatic heterocycles. The Morgan fingerprint density at radius 1 is 1.50 bits per heavy atom. The van der Waals surface area contributed by atoms with Gasteiger partial charge in [-0.15, -0.1) is 0 Å². The summed E-state index contributed by atoms with van der Waals surface area (Å²) in [6.45, 7) is 3.12. The number of nitrogens with two attached hydrogens (primary N) is 1. The molecule has 2 aliphatic rings. The summed E-state index contributed by atoms with van der Waals surface area (Å²) >= 11 is 0. The molecule has 0 saturated carbocycles. The first kappa shape index (κ1) is 11.8. The minimum atomic E-state index is 0.0602. The van der Waals surface area contributed by atoms with Crippen LogP contribution in [-0.2, 0) is 9.53 Å². The van der Waals surface area contributed by atoms with E-state index in [0.29, 0.717) is 19.2 Å². The lowest BCUT2D eigenvalue weighted by Crippen LogP contribution is -2.57. The van der Waals surface area contributed by atoms with Gasteiger partial charge in [-0.1, -0.05) is 6.42 Å². The maximum atomic E-state index is 11.8. The fraction of sp³-hybridized carbons (Fsp3) is 0.909. The summed E-state index contributed by atoms with van der Waals surface area (Å²) in [4.78, 5) is 13.7. The lowest BCUT2D eigenvalue weighted by Gasteiger charge is -2.38. The summed E-state index contributed by atoms with van der Waals surface area (Å²) in [5, 5.41) is 3.46. The number of hydrogen-bond acceptors (Lipinski definition) is 4. The third-order valence-corrected chi connectivity index (χ3v) is 3.40. The largest absolute Gasteiger partial charge is 0.369 e. The van der Waals surface area contributed by atoms with Crippen molar-refractivity contribution in [2.75, 3.05) is 32.8 Å². The van der Waals surface area contributed by atoms with Crippen LogP contribution in [0, 0.1) is 0 Å². The van der Waals surface area contributed by atoms with Gasteiger partial charge in [0.1, 0.15) is 6.61 Å². The van der Waals surface area contributed by atoms with E-state index in [0.717, 1.165) is 19.5 Å². The van der Waals surface area contributed by atoms with Crippen LogP contribution in [0.4, 0.5) is 0 Å². The topological polar surface area (TPSA) is 67.6 Å². The van der Waals surface area contributed by atoms with Crippen LogP contribution in [0.25, 0.3) is 0 Å². The number of morpholine rings is 1. The predicted molar refractivity (Wildman–Crippen MR) is 61.0 cm³/mol. The summed E-state index contributed by atoms with van der Waals surface area (Å²) in [7, 11) is 0. The molecule has 0 aromatic carbocycles. The average Bonchev–Trinajstić information content (AvgIpc) is 2.33. The molecule has 2 fully saturated rings. The second kappa shape index (κ2) is 5.61. The number of carbonyl (C=O) groups excluding carboxylic acids is 1. The van der Waals surface area contributed by atoms with E-state index in [4.69, 9.17) is 10.5 Å². The van der Waals surface area contributed by atoms with Gasteiger partial charge in [0.25, 0.3) is 0 Å². The van der Waals surface area contributed by atoms with Gasteiger partial charge in [-0.2, -0.15) is 0 Å². The van der Waals surface area contributed by atoms with Crippen LogP contribution in [0.2, 0.25) is 0 Å². The van der Waals surface area contributed by atoms with Crippen LogP contribution in [0.1, 0.15) is 19.3 Å². The lowest BCUT2D eigenvalue weighted by molar-refractivity contribution is -0.148. The third-order valence-electron chi connectivity index (χ3n) is 3.40. The average molecular weight is 227 g/mol. The van der Waals surface area contributed by atoms with Crippen LogP contribution >= 0.6 is 0 Å². The quantitative estimate of drug-likeness (QED) is 0.670. The molecule has 3 N–H and O–H groups in total. The first-order valence-electron chi connectivity index (χ1n) is 6.12. The molecule has 2 rings (SSSR count). The zero-order valence-electron chi connectivity index (χ0n) is 9.65. The molecule has 5 heteroatoms. The molecule has 2 saturated heterocycles. The zero-order valence-corrected chi connectivity index (χ0v) is 9.65. The van der Waals surface area contributed by atoms with E-state index in [1.54, 1.807) is 0 Å². The zero-order chi connectivity index (χ0) is 11.4. The Bertz CT molecular complexity index is 241. The highest BCUT2D eigenvalue weighted by Gasteiger charge is 2.29. The van der Waals surface area contributed by atoms with Gasteiger partial charge in [0.15, 0.2) is 0 Å². The summed E-state index contributed by atoms with van der Waals surface area (Å²) in [6.07, 6.45) is 3.65. The molecule has 2 atom stereocenters. The molecule has 92 valence electrons. The Kier molecular flexibility index (Phi) is 4.15. The van der Waals surface area contributed by atoms with E-state index in [9.17, 15) is 4.79 Å². The van der Waals surface area contributed by atoms with Crippen molar-refractivity contribution >= 4 is 5.91 Å². The number of rotatable bonds is 3. The highest BCUT2D eigenvalue weighted by molar-refractivity contribution is 5.78. The Morgan fingerprint density at radius 3 is 3.06 bits per heavy atom. The standard InChI is InChI=1S/C11H21N3O2/c12-5-10-7-16-8-11(15)14(10)6-9-3-1-2-4-13-9/h9-10,13H,1-8,12H2.